The average Bonchev–Trinajstić information content (AvgIpc) is 1.89. The summed E-state index contributed by atoms with van der Waals surface area (Å²) in [5, 5.41) is 0. The molecule has 0 aliphatic heterocycles. The highest BCUT2D eigenvalue weighted by Gasteiger charge is 2.12. The Morgan fingerprint density at radius 3 is 2.30 bits per heavy atom. The predicted molar refractivity (Wildman–Crippen MR) is 50.3 cm³/mol. The lowest BCUT2D eigenvalue weighted by Crippen LogP contribution is -2.11. The molecule has 0 spiro atoms. The summed E-state index contributed by atoms with van der Waals surface area (Å²) in [5.41, 5.74) is 0. The van der Waals surface area contributed by atoms with Crippen molar-refractivity contribution in [2.24, 2.45) is 0 Å². The summed E-state index contributed by atoms with van der Waals surface area (Å²) in [5.74, 6) is 6.23. The highest BCUT2D eigenvalue weighted by molar-refractivity contribution is 7.99. The standard InChI is InChI=1S/C9H16S/c1-5-6-7-8-9(2,3)10-4/h5,8H2,1-4H3. The van der Waals surface area contributed by atoms with E-state index in [9.17, 15) is 0 Å². The van der Waals surface area contributed by atoms with E-state index >= 15 is 0 Å². The smallest absolute Gasteiger partial charge is 0.0231 e. The fourth-order valence-electron chi connectivity index (χ4n) is 0.473. The maximum absolute atomic E-state index is 3.16. The van der Waals surface area contributed by atoms with Gasteiger partial charge in [-0.05, 0) is 20.1 Å². The minimum absolute atomic E-state index is 0.335. The zero-order valence-electron chi connectivity index (χ0n) is 7.32. The molecule has 0 rings (SSSR count). The van der Waals surface area contributed by atoms with Gasteiger partial charge in [-0.25, -0.2) is 0 Å². The lowest BCUT2D eigenvalue weighted by molar-refractivity contribution is 0.741. The summed E-state index contributed by atoms with van der Waals surface area (Å²) >= 11 is 1.88. The van der Waals surface area contributed by atoms with Crippen molar-refractivity contribution >= 4 is 11.8 Å². The fraction of sp³-hybridized carbons (Fsp3) is 0.778. The van der Waals surface area contributed by atoms with Gasteiger partial charge in [-0.15, -0.1) is 11.8 Å². The van der Waals surface area contributed by atoms with Gasteiger partial charge in [0, 0.05) is 17.6 Å². The van der Waals surface area contributed by atoms with Crippen molar-refractivity contribution in [3.63, 3.8) is 0 Å². The molecule has 0 aromatic heterocycles. The Morgan fingerprint density at radius 1 is 1.30 bits per heavy atom. The van der Waals surface area contributed by atoms with Gasteiger partial charge in [0.2, 0.25) is 0 Å². The first-order valence-corrected chi connectivity index (χ1v) is 4.85. The molecular weight excluding hydrogens is 140 g/mol. The first-order chi connectivity index (χ1) is 4.62. The molecule has 0 bridgehead atoms. The van der Waals surface area contributed by atoms with Gasteiger partial charge in [-0.1, -0.05) is 6.92 Å². The van der Waals surface area contributed by atoms with E-state index in [2.05, 4.69) is 38.9 Å². The van der Waals surface area contributed by atoms with Gasteiger partial charge in [-0.3, -0.25) is 0 Å². The van der Waals surface area contributed by atoms with Crippen molar-refractivity contribution in [2.75, 3.05) is 6.26 Å². The Morgan fingerprint density at radius 2 is 1.90 bits per heavy atom. The van der Waals surface area contributed by atoms with Gasteiger partial charge in [0.25, 0.3) is 0 Å². The molecule has 0 atom stereocenters. The lowest BCUT2D eigenvalue weighted by Gasteiger charge is -2.17. The van der Waals surface area contributed by atoms with Crippen LogP contribution in [0.1, 0.15) is 33.6 Å². The minimum Gasteiger partial charge on any atom is -0.158 e. The number of rotatable bonds is 2. The van der Waals surface area contributed by atoms with Crippen LogP contribution in [-0.4, -0.2) is 11.0 Å². The van der Waals surface area contributed by atoms with Crippen molar-refractivity contribution in [1.82, 2.24) is 0 Å². The molecule has 0 N–H and O–H groups in total. The minimum atomic E-state index is 0.335. The summed E-state index contributed by atoms with van der Waals surface area (Å²) < 4.78 is 0.335. The van der Waals surface area contributed by atoms with E-state index in [1.54, 1.807) is 0 Å². The Bertz CT molecular complexity index is 137. The molecule has 0 fully saturated rings. The summed E-state index contributed by atoms with van der Waals surface area (Å²) in [6, 6.07) is 0. The molecule has 0 amide bonds. The lowest BCUT2D eigenvalue weighted by atomic mass is 10.1. The maximum atomic E-state index is 3.16. The largest absolute Gasteiger partial charge is 0.158 e. The van der Waals surface area contributed by atoms with Gasteiger partial charge < -0.3 is 0 Å². The molecule has 0 aromatic carbocycles. The third-order valence-electron chi connectivity index (χ3n) is 1.37. The van der Waals surface area contributed by atoms with E-state index in [1.165, 1.54) is 0 Å². The molecule has 0 radical (unpaired) electrons. The molecule has 0 aliphatic carbocycles. The van der Waals surface area contributed by atoms with Crippen LogP contribution in [-0.2, 0) is 0 Å². The van der Waals surface area contributed by atoms with Gasteiger partial charge in [0.05, 0.1) is 0 Å². The molecule has 0 saturated carbocycles. The molecule has 0 aromatic rings. The molecule has 0 saturated heterocycles. The van der Waals surface area contributed by atoms with E-state index in [1.807, 2.05) is 11.8 Å². The second-order valence-corrected chi connectivity index (χ2v) is 4.36. The molecule has 0 aliphatic rings. The van der Waals surface area contributed by atoms with Crippen molar-refractivity contribution in [1.29, 1.82) is 0 Å². The van der Waals surface area contributed by atoms with Crippen molar-refractivity contribution in [3.8, 4) is 11.8 Å². The Kier molecular flexibility index (Phi) is 4.64. The number of hydrogen-bond donors (Lipinski definition) is 0. The maximum Gasteiger partial charge on any atom is 0.0231 e. The average molecular weight is 156 g/mol. The molecule has 0 unspecified atom stereocenters. The molecule has 0 nitrogen and oxygen atoms in total. The van der Waals surface area contributed by atoms with Crippen LogP contribution in [0.3, 0.4) is 0 Å². The third kappa shape index (κ3) is 4.76. The Hall–Kier alpha value is -0.0900. The normalized spacial score (nSPS) is 10.4. The predicted octanol–water partition coefficient (Wildman–Crippen LogP) is 2.93. The van der Waals surface area contributed by atoms with Gasteiger partial charge in [0.1, 0.15) is 0 Å². The SMILES string of the molecule is CCC#CCC(C)(C)SC. The molecule has 0 heterocycles. The highest BCUT2D eigenvalue weighted by Crippen LogP contribution is 2.24. The topological polar surface area (TPSA) is 0 Å². The fourth-order valence-corrected chi connectivity index (χ4v) is 0.689. The quantitative estimate of drug-likeness (QED) is 0.554. The van der Waals surface area contributed by atoms with Crippen molar-refractivity contribution < 1.29 is 0 Å². The first-order valence-electron chi connectivity index (χ1n) is 3.63. The van der Waals surface area contributed by atoms with Crippen LogP contribution in [0, 0.1) is 11.8 Å². The number of thioether (sulfide) groups is 1. The summed E-state index contributed by atoms with van der Waals surface area (Å²) in [7, 11) is 0. The second kappa shape index (κ2) is 4.68. The van der Waals surface area contributed by atoms with Gasteiger partial charge in [-0.2, -0.15) is 11.8 Å². The van der Waals surface area contributed by atoms with E-state index in [4.69, 9.17) is 0 Å². The zero-order valence-corrected chi connectivity index (χ0v) is 8.14. The van der Waals surface area contributed by atoms with Crippen molar-refractivity contribution in [3.05, 3.63) is 0 Å². The first kappa shape index (κ1) is 9.91. The van der Waals surface area contributed by atoms with Crippen LogP contribution in [0.15, 0.2) is 0 Å². The second-order valence-electron chi connectivity index (χ2n) is 2.85. The van der Waals surface area contributed by atoms with Gasteiger partial charge in [0.15, 0.2) is 0 Å². The Balaban J connectivity index is 3.66. The van der Waals surface area contributed by atoms with E-state index in [0.717, 1.165) is 12.8 Å². The van der Waals surface area contributed by atoms with Crippen molar-refractivity contribution in [2.45, 2.75) is 38.4 Å². The molecule has 10 heavy (non-hydrogen) atoms. The van der Waals surface area contributed by atoms with Crippen LogP contribution in [0.4, 0.5) is 0 Å². The summed E-state index contributed by atoms with van der Waals surface area (Å²) in [6.45, 7) is 6.53. The Labute approximate surface area is 68.8 Å². The van der Waals surface area contributed by atoms with Crippen LogP contribution in [0.25, 0.3) is 0 Å². The van der Waals surface area contributed by atoms with Crippen LogP contribution >= 0.6 is 11.8 Å². The van der Waals surface area contributed by atoms with E-state index < -0.39 is 0 Å². The van der Waals surface area contributed by atoms with Crippen LogP contribution < -0.4 is 0 Å². The molecule has 1 heteroatoms. The zero-order chi connectivity index (χ0) is 8.04. The number of hydrogen-bond acceptors (Lipinski definition) is 1. The van der Waals surface area contributed by atoms with Crippen LogP contribution in [0.5, 0.6) is 0 Å². The van der Waals surface area contributed by atoms with E-state index in [0.29, 0.717) is 4.75 Å². The third-order valence-corrected chi connectivity index (χ3v) is 2.62. The highest BCUT2D eigenvalue weighted by atomic mass is 32.2. The molecule has 58 valence electrons. The van der Waals surface area contributed by atoms with Crippen LogP contribution in [0.2, 0.25) is 0 Å². The summed E-state index contributed by atoms with van der Waals surface area (Å²) in [4.78, 5) is 0. The summed E-state index contributed by atoms with van der Waals surface area (Å²) in [6.07, 6.45) is 4.11. The molecular formula is C9H16S. The van der Waals surface area contributed by atoms with Gasteiger partial charge >= 0.3 is 0 Å². The van der Waals surface area contributed by atoms with E-state index in [-0.39, 0.29) is 0 Å². The monoisotopic (exact) mass is 156 g/mol.